The molecule has 0 fully saturated rings. The first kappa shape index (κ1) is 19.1. The Morgan fingerprint density at radius 1 is 1.07 bits per heavy atom. The van der Waals surface area contributed by atoms with E-state index in [1.54, 1.807) is 14.0 Å². The molecule has 5 heteroatoms. The van der Waals surface area contributed by atoms with Crippen LogP contribution in [0.5, 0.6) is 17.2 Å². The van der Waals surface area contributed by atoms with Gasteiger partial charge in [-0.3, -0.25) is 4.79 Å². The van der Waals surface area contributed by atoms with Crippen molar-refractivity contribution in [3.05, 3.63) is 53.6 Å². The van der Waals surface area contributed by atoms with E-state index in [-0.39, 0.29) is 5.91 Å². The number of methoxy groups -OCH3 is 1. The molecule has 1 amide bonds. The van der Waals surface area contributed by atoms with Crippen LogP contribution in [0.4, 0.5) is 0 Å². The van der Waals surface area contributed by atoms with Crippen LogP contribution in [-0.4, -0.2) is 32.3 Å². The largest absolute Gasteiger partial charge is 0.493 e. The lowest BCUT2D eigenvalue weighted by Crippen LogP contribution is -2.38. The van der Waals surface area contributed by atoms with E-state index in [0.29, 0.717) is 24.7 Å². The topological polar surface area (TPSA) is 56.8 Å². The molecule has 0 saturated carbocycles. The van der Waals surface area contributed by atoms with E-state index in [2.05, 4.69) is 17.4 Å². The van der Waals surface area contributed by atoms with Crippen LogP contribution in [0, 0.1) is 0 Å². The maximum atomic E-state index is 12.3. The zero-order valence-electron chi connectivity index (χ0n) is 16.0. The van der Waals surface area contributed by atoms with Crippen molar-refractivity contribution in [3.63, 3.8) is 0 Å². The minimum absolute atomic E-state index is 0.156. The van der Waals surface area contributed by atoms with Crippen molar-refractivity contribution in [2.75, 3.05) is 20.3 Å². The molecule has 144 valence electrons. The summed E-state index contributed by atoms with van der Waals surface area (Å²) in [7, 11) is 1.60. The first-order valence-corrected chi connectivity index (χ1v) is 9.49. The number of para-hydroxylation sites is 2. The molecule has 1 atom stereocenters. The predicted molar refractivity (Wildman–Crippen MR) is 105 cm³/mol. The lowest BCUT2D eigenvalue weighted by molar-refractivity contribution is -0.127. The first-order chi connectivity index (χ1) is 13.2. The van der Waals surface area contributed by atoms with Crippen LogP contribution < -0.4 is 19.5 Å². The molecule has 1 unspecified atom stereocenters. The third kappa shape index (κ3) is 5.16. The summed E-state index contributed by atoms with van der Waals surface area (Å²) in [5, 5.41) is 2.84. The minimum Gasteiger partial charge on any atom is -0.493 e. The summed E-state index contributed by atoms with van der Waals surface area (Å²) in [5.74, 6) is 1.93. The van der Waals surface area contributed by atoms with Gasteiger partial charge in [-0.2, -0.15) is 0 Å². The Bertz CT molecular complexity index is 775. The molecule has 0 saturated heterocycles. The van der Waals surface area contributed by atoms with Crippen molar-refractivity contribution in [1.29, 1.82) is 0 Å². The summed E-state index contributed by atoms with van der Waals surface area (Å²) in [6.07, 6.45) is 4.14. The molecule has 1 aliphatic rings. The molecule has 2 aromatic carbocycles. The number of nitrogens with one attached hydrogen (secondary N) is 1. The highest BCUT2D eigenvalue weighted by molar-refractivity contribution is 5.80. The van der Waals surface area contributed by atoms with Crippen molar-refractivity contribution in [3.8, 4) is 17.2 Å². The van der Waals surface area contributed by atoms with Gasteiger partial charge in [0.25, 0.3) is 5.91 Å². The van der Waals surface area contributed by atoms with Crippen LogP contribution in [0.15, 0.2) is 42.5 Å². The maximum Gasteiger partial charge on any atom is 0.260 e. The number of hydrogen-bond donors (Lipinski definition) is 1. The fraction of sp³-hybridized carbons (Fsp3) is 0.409. The number of amides is 1. The fourth-order valence-electron chi connectivity index (χ4n) is 3.26. The first-order valence-electron chi connectivity index (χ1n) is 9.49. The van der Waals surface area contributed by atoms with Crippen molar-refractivity contribution >= 4 is 5.91 Å². The van der Waals surface area contributed by atoms with Gasteiger partial charge >= 0.3 is 0 Å². The molecular weight excluding hydrogens is 342 g/mol. The van der Waals surface area contributed by atoms with Crippen LogP contribution in [-0.2, 0) is 17.6 Å². The smallest absolute Gasteiger partial charge is 0.260 e. The average Bonchev–Trinajstić information content (AvgIpc) is 2.71. The van der Waals surface area contributed by atoms with Crippen molar-refractivity contribution in [2.45, 2.75) is 38.7 Å². The van der Waals surface area contributed by atoms with E-state index < -0.39 is 6.10 Å². The Hall–Kier alpha value is -2.69. The normalized spacial score (nSPS) is 14.0. The van der Waals surface area contributed by atoms with Gasteiger partial charge in [-0.1, -0.05) is 18.2 Å². The Labute approximate surface area is 160 Å². The Kier molecular flexibility index (Phi) is 6.58. The number of carbonyl (C=O) groups is 1. The lowest BCUT2D eigenvalue weighted by atomic mass is 9.92. The Morgan fingerprint density at radius 3 is 2.59 bits per heavy atom. The van der Waals surface area contributed by atoms with Gasteiger partial charge < -0.3 is 19.5 Å². The van der Waals surface area contributed by atoms with Crippen molar-refractivity contribution in [1.82, 2.24) is 5.32 Å². The van der Waals surface area contributed by atoms with Gasteiger partial charge in [-0.05, 0) is 68.0 Å². The number of aryl methyl sites for hydroxylation is 2. The number of ether oxygens (including phenoxy) is 3. The number of rotatable bonds is 8. The molecule has 3 rings (SSSR count). The second kappa shape index (κ2) is 9.31. The van der Waals surface area contributed by atoms with E-state index >= 15 is 0 Å². The molecule has 1 N–H and O–H groups in total. The Morgan fingerprint density at radius 2 is 1.81 bits per heavy atom. The molecule has 0 bridgehead atoms. The third-order valence-corrected chi connectivity index (χ3v) is 4.73. The molecular formula is C22H27NO4. The van der Waals surface area contributed by atoms with Gasteiger partial charge in [0.2, 0.25) is 0 Å². The van der Waals surface area contributed by atoms with E-state index in [1.165, 1.54) is 24.0 Å². The standard InChI is InChI=1S/C22H27NO4/c1-16(27-19-12-11-17-7-3-4-8-18(17)15-19)22(24)23-13-14-26-21-10-6-5-9-20(21)25-2/h5-6,9-12,15-16H,3-4,7-8,13-14H2,1-2H3,(H,23,24). The van der Waals surface area contributed by atoms with Crippen LogP contribution in [0.3, 0.4) is 0 Å². The summed E-state index contributed by atoms with van der Waals surface area (Å²) in [5.41, 5.74) is 2.75. The number of benzene rings is 2. The van der Waals surface area contributed by atoms with Gasteiger partial charge in [-0.15, -0.1) is 0 Å². The average molecular weight is 369 g/mol. The second-order valence-corrected chi connectivity index (χ2v) is 6.69. The van der Waals surface area contributed by atoms with Gasteiger partial charge in [0.15, 0.2) is 17.6 Å². The molecule has 0 radical (unpaired) electrons. The molecule has 0 spiro atoms. The molecule has 27 heavy (non-hydrogen) atoms. The zero-order chi connectivity index (χ0) is 19.1. The maximum absolute atomic E-state index is 12.3. The summed E-state index contributed by atoms with van der Waals surface area (Å²) in [4.78, 5) is 12.3. The lowest BCUT2D eigenvalue weighted by Gasteiger charge is -2.19. The number of hydrogen-bond acceptors (Lipinski definition) is 4. The fourth-order valence-corrected chi connectivity index (χ4v) is 3.26. The Balaban J connectivity index is 1.44. The molecule has 0 heterocycles. The second-order valence-electron chi connectivity index (χ2n) is 6.69. The van der Waals surface area contributed by atoms with Crippen molar-refractivity contribution in [2.24, 2.45) is 0 Å². The number of carbonyl (C=O) groups excluding carboxylic acids is 1. The summed E-state index contributed by atoms with van der Waals surface area (Å²) in [6, 6.07) is 13.6. The molecule has 0 aromatic heterocycles. The van der Waals surface area contributed by atoms with E-state index in [0.717, 1.165) is 18.6 Å². The third-order valence-electron chi connectivity index (χ3n) is 4.73. The van der Waals surface area contributed by atoms with Crippen LogP contribution in [0.1, 0.15) is 30.9 Å². The molecule has 0 aliphatic heterocycles. The van der Waals surface area contributed by atoms with Crippen LogP contribution in [0.2, 0.25) is 0 Å². The summed E-state index contributed by atoms with van der Waals surface area (Å²) < 4.78 is 16.7. The van der Waals surface area contributed by atoms with E-state index in [9.17, 15) is 4.79 Å². The molecule has 1 aliphatic carbocycles. The monoisotopic (exact) mass is 369 g/mol. The molecule has 5 nitrogen and oxygen atoms in total. The van der Waals surface area contributed by atoms with E-state index in [4.69, 9.17) is 14.2 Å². The highest BCUT2D eigenvalue weighted by Gasteiger charge is 2.16. The summed E-state index contributed by atoms with van der Waals surface area (Å²) in [6.45, 7) is 2.52. The van der Waals surface area contributed by atoms with E-state index in [1.807, 2.05) is 30.3 Å². The predicted octanol–water partition coefficient (Wildman–Crippen LogP) is 3.54. The van der Waals surface area contributed by atoms with Gasteiger partial charge in [0.05, 0.1) is 13.7 Å². The van der Waals surface area contributed by atoms with Crippen molar-refractivity contribution < 1.29 is 19.0 Å². The minimum atomic E-state index is -0.557. The molecule has 2 aromatic rings. The van der Waals surface area contributed by atoms with Gasteiger partial charge in [-0.25, -0.2) is 0 Å². The quantitative estimate of drug-likeness (QED) is 0.723. The van der Waals surface area contributed by atoms with Crippen LogP contribution >= 0.6 is 0 Å². The highest BCUT2D eigenvalue weighted by Crippen LogP contribution is 2.26. The zero-order valence-corrected chi connectivity index (χ0v) is 16.0. The highest BCUT2D eigenvalue weighted by atomic mass is 16.5. The number of fused-ring (bicyclic) bond motifs is 1. The SMILES string of the molecule is COc1ccccc1OCCNC(=O)C(C)Oc1ccc2c(c1)CCCC2. The van der Waals surface area contributed by atoms with Gasteiger partial charge in [0, 0.05) is 0 Å². The van der Waals surface area contributed by atoms with Crippen LogP contribution in [0.25, 0.3) is 0 Å². The van der Waals surface area contributed by atoms with Gasteiger partial charge in [0.1, 0.15) is 12.4 Å². The summed E-state index contributed by atoms with van der Waals surface area (Å²) >= 11 is 0.